The molecule has 0 aliphatic carbocycles. The first-order chi connectivity index (χ1) is 6.04. The third kappa shape index (κ3) is 0.775. The maximum absolute atomic E-state index is 10.9. The average Bonchev–Trinajstić information content (AvgIpc) is 2.39. The predicted molar refractivity (Wildman–Crippen MR) is 48.1 cm³/mol. The van der Waals surface area contributed by atoms with Crippen LogP contribution >= 0.6 is 11.3 Å². The maximum atomic E-state index is 10.9. The second-order valence-corrected chi connectivity index (χ2v) is 3.56. The summed E-state index contributed by atoms with van der Waals surface area (Å²) in [5.74, 6) is -1.22. The standard InChI is InChI=1S/C7H3NO4S/c8-6-2-1(3(9)4(2)10)5(13-6)7(11)12/h8H2,(H,11,12). The van der Waals surface area contributed by atoms with E-state index in [0.29, 0.717) is 0 Å². The van der Waals surface area contributed by atoms with E-state index in [1.807, 2.05) is 0 Å². The lowest BCUT2D eigenvalue weighted by Gasteiger charge is -1.91. The quantitative estimate of drug-likeness (QED) is 0.616. The largest absolute Gasteiger partial charge is 0.477 e. The van der Waals surface area contributed by atoms with Gasteiger partial charge in [-0.05, 0) is 0 Å². The third-order valence-corrected chi connectivity index (χ3v) is 2.80. The zero-order valence-corrected chi connectivity index (χ0v) is 6.97. The van der Waals surface area contributed by atoms with Crippen molar-refractivity contribution in [2.24, 2.45) is 0 Å². The smallest absolute Gasteiger partial charge is 0.346 e. The fourth-order valence-electron chi connectivity index (χ4n) is 1.21. The highest BCUT2D eigenvalue weighted by atomic mass is 32.1. The van der Waals surface area contributed by atoms with E-state index in [-0.39, 0.29) is 20.7 Å². The molecule has 0 unspecified atom stereocenters. The van der Waals surface area contributed by atoms with E-state index in [9.17, 15) is 14.4 Å². The minimum Gasteiger partial charge on any atom is -0.477 e. The molecule has 2 rings (SSSR count). The molecule has 0 atom stereocenters. The number of anilines is 1. The van der Waals surface area contributed by atoms with Crippen LogP contribution in [-0.4, -0.2) is 11.1 Å². The first-order valence-corrected chi connectivity index (χ1v) is 4.10. The highest BCUT2D eigenvalue weighted by Gasteiger charge is 2.25. The van der Waals surface area contributed by atoms with Gasteiger partial charge in [0.2, 0.25) is 10.9 Å². The second kappa shape index (κ2) is 2.17. The molecule has 1 aromatic carbocycles. The molecule has 5 nitrogen and oxygen atoms in total. The molecule has 13 heavy (non-hydrogen) atoms. The molecule has 66 valence electrons. The van der Waals surface area contributed by atoms with Gasteiger partial charge in [-0.1, -0.05) is 0 Å². The summed E-state index contributed by atoms with van der Waals surface area (Å²) < 4.78 is 0. The van der Waals surface area contributed by atoms with Crippen LogP contribution in [0.1, 0.15) is 9.67 Å². The normalized spacial score (nSPS) is 11.1. The molecule has 1 heterocycles. The van der Waals surface area contributed by atoms with Crippen molar-refractivity contribution in [3.05, 3.63) is 25.3 Å². The molecule has 3 N–H and O–H groups in total. The molecule has 0 saturated carbocycles. The Morgan fingerprint density at radius 3 is 2.31 bits per heavy atom. The highest BCUT2D eigenvalue weighted by molar-refractivity contribution is 7.19. The number of fused-ring (bicyclic) bond motifs is 1. The lowest BCUT2D eigenvalue weighted by Crippen LogP contribution is -2.30. The Hall–Kier alpha value is -1.69. The van der Waals surface area contributed by atoms with Gasteiger partial charge in [0.05, 0.1) is 15.8 Å². The van der Waals surface area contributed by atoms with E-state index in [1.54, 1.807) is 0 Å². The van der Waals surface area contributed by atoms with Crippen molar-refractivity contribution in [2.45, 2.75) is 0 Å². The van der Waals surface area contributed by atoms with Crippen molar-refractivity contribution >= 4 is 33.1 Å². The average molecular weight is 197 g/mol. The Bertz CT molecular complexity index is 587. The van der Waals surface area contributed by atoms with Gasteiger partial charge in [-0.3, -0.25) is 9.59 Å². The lowest BCUT2D eigenvalue weighted by molar-refractivity contribution is 0.0704. The number of hydrogen-bond acceptors (Lipinski definition) is 5. The first kappa shape index (κ1) is 7.93. The van der Waals surface area contributed by atoms with Crippen molar-refractivity contribution < 1.29 is 9.90 Å². The fourth-order valence-corrected chi connectivity index (χ4v) is 2.11. The van der Waals surface area contributed by atoms with Gasteiger partial charge in [-0.2, -0.15) is 0 Å². The molecule has 0 radical (unpaired) electrons. The summed E-state index contributed by atoms with van der Waals surface area (Å²) in [4.78, 5) is 32.2. The summed E-state index contributed by atoms with van der Waals surface area (Å²) >= 11 is 0.756. The predicted octanol–water partition coefficient (Wildman–Crippen LogP) is -0.222. The van der Waals surface area contributed by atoms with Crippen LogP contribution in [0.3, 0.4) is 0 Å². The van der Waals surface area contributed by atoms with Crippen LogP contribution in [0.2, 0.25) is 0 Å². The van der Waals surface area contributed by atoms with Crippen LogP contribution in [0, 0.1) is 0 Å². The number of rotatable bonds is 1. The maximum Gasteiger partial charge on any atom is 0.346 e. The van der Waals surface area contributed by atoms with Gasteiger partial charge in [-0.15, -0.1) is 11.3 Å². The van der Waals surface area contributed by atoms with Crippen LogP contribution < -0.4 is 16.6 Å². The number of hydrogen-bond donors (Lipinski definition) is 2. The number of nitrogen functional groups attached to an aromatic ring is 1. The molecule has 6 heteroatoms. The molecule has 1 aromatic heterocycles. The Balaban J connectivity index is 2.97. The van der Waals surface area contributed by atoms with Gasteiger partial charge in [0, 0.05) is 0 Å². The Labute approximate surface area is 74.7 Å². The molecule has 0 aliphatic rings. The van der Waals surface area contributed by atoms with Gasteiger partial charge in [-0.25, -0.2) is 4.79 Å². The van der Waals surface area contributed by atoms with E-state index >= 15 is 0 Å². The Morgan fingerprint density at radius 1 is 1.23 bits per heavy atom. The topological polar surface area (TPSA) is 97.5 Å². The van der Waals surface area contributed by atoms with Crippen LogP contribution in [0.15, 0.2) is 9.59 Å². The van der Waals surface area contributed by atoms with Crippen molar-refractivity contribution in [1.29, 1.82) is 0 Å². The van der Waals surface area contributed by atoms with E-state index < -0.39 is 16.8 Å². The molecule has 2 aromatic rings. The monoisotopic (exact) mass is 197 g/mol. The fraction of sp³-hybridized carbons (Fsp3) is 0. The highest BCUT2D eigenvalue weighted by Crippen LogP contribution is 2.30. The molecule has 0 amide bonds. The van der Waals surface area contributed by atoms with Gasteiger partial charge in [0.15, 0.2) is 0 Å². The van der Waals surface area contributed by atoms with Gasteiger partial charge >= 0.3 is 5.97 Å². The van der Waals surface area contributed by atoms with Crippen LogP contribution in [0.4, 0.5) is 5.00 Å². The second-order valence-electron chi connectivity index (χ2n) is 2.51. The summed E-state index contributed by atoms with van der Waals surface area (Å²) in [6.07, 6.45) is 0. The van der Waals surface area contributed by atoms with E-state index in [1.165, 1.54) is 0 Å². The number of carboxylic acids is 1. The Morgan fingerprint density at radius 2 is 1.77 bits per heavy atom. The minimum absolute atomic E-state index is 0.0278. The SMILES string of the molecule is Nc1sc(C(=O)O)c2c(=O)c(=O)c12. The van der Waals surface area contributed by atoms with Gasteiger partial charge in [0.25, 0.3) is 0 Å². The number of thiophene rings is 1. The number of carbonyl (C=O) groups is 1. The zero-order chi connectivity index (χ0) is 9.75. The van der Waals surface area contributed by atoms with E-state index in [2.05, 4.69) is 0 Å². The van der Waals surface area contributed by atoms with Crippen molar-refractivity contribution in [1.82, 2.24) is 0 Å². The van der Waals surface area contributed by atoms with Gasteiger partial charge < -0.3 is 10.8 Å². The molecule has 0 saturated heterocycles. The van der Waals surface area contributed by atoms with Gasteiger partial charge in [0.1, 0.15) is 4.88 Å². The van der Waals surface area contributed by atoms with Crippen molar-refractivity contribution in [3.8, 4) is 0 Å². The molecule has 0 fully saturated rings. The number of nitrogens with two attached hydrogens (primary N) is 1. The summed E-state index contributed by atoms with van der Waals surface area (Å²) in [5, 5.41) is 8.79. The van der Waals surface area contributed by atoms with E-state index in [4.69, 9.17) is 10.8 Å². The summed E-state index contributed by atoms with van der Waals surface area (Å²) in [5.41, 5.74) is 3.93. The molecular formula is C7H3NO4S. The lowest BCUT2D eigenvalue weighted by atomic mass is 10.1. The Kier molecular flexibility index (Phi) is 1.32. The van der Waals surface area contributed by atoms with Crippen LogP contribution in [0.25, 0.3) is 10.8 Å². The number of aromatic carboxylic acids is 1. The minimum atomic E-state index is -1.22. The summed E-state index contributed by atoms with van der Waals surface area (Å²) in [7, 11) is 0. The van der Waals surface area contributed by atoms with Crippen molar-refractivity contribution in [2.75, 3.05) is 5.73 Å². The van der Waals surface area contributed by atoms with Crippen LogP contribution in [0.5, 0.6) is 0 Å². The number of carboxylic acid groups (broad SMARTS) is 1. The summed E-state index contributed by atoms with van der Waals surface area (Å²) in [6, 6.07) is 0. The molecule has 0 spiro atoms. The zero-order valence-electron chi connectivity index (χ0n) is 6.16. The molecular weight excluding hydrogens is 194 g/mol. The first-order valence-electron chi connectivity index (χ1n) is 3.28. The van der Waals surface area contributed by atoms with Crippen molar-refractivity contribution in [3.63, 3.8) is 0 Å². The third-order valence-electron chi connectivity index (χ3n) is 1.79. The molecule has 0 bridgehead atoms. The molecule has 0 aliphatic heterocycles. The summed E-state index contributed by atoms with van der Waals surface area (Å²) in [6.45, 7) is 0. The van der Waals surface area contributed by atoms with Crippen LogP contribution in [-0.2, 0) is 0 Å². The van der Waals surface area contributed by atoms with E-state index in [0.717, 1.165) is 11.3 Å².